The van der Waals surface area contributed by atoms with E-state index in [4.69, 9.17) is 11.6 Å². The Kier molecular flexibility index (Phi) is 4.63. The Balaban J connectivity index is 1.73. The quantitative estimate of drug-likeness (QED) is 0.629. The third kappa shape index (κ3) is 3.37. The molecule has 7 heteroatoms. The summed E-state index contributed by atoms with van der Waals surface area (Å²) in [6, 6.07) is 20.0. The smallest absolute Gasteiger partial charge is 0.276 e. The molecule has 0 bridgehead atoms. The Morgan fingerprint density at radius 1 is 1.04 bits per heavy atom. The third-order valence-electron chi connectivity index (χ3n) is 4.45. The van der Waals surface area contributed by atoms with Crippen molar-refractivity contribution in [2.45, 2.75) is 6.17 Å². The molecule has 1 heterocycles. The number of fused-ring (bicyclic) bond motifs is 1. The van der Waals surface area contributed by atoms with Crippen molar-refractivity contribution in [2.75, 3.05) is 5.32 Å². The summed E-state index contributed by atoms with van der Waals surface area (Å²) in [4.78, 5) is 25.8. The van der Waals surface area contributed by atoms with E-state index < -0.39 is 18.0 Å². The molecule has 140 valence electrons. The second kappa shape index (κ2) is 7.25. The van der Waals surface area contributed by atoms with Crippen molar-refractivity contribution in [1.82, 2.24) is 10.4 Å². The standard InChI is InChI=1S/C21H16ClN3O3/c22-15-8-11-18-17(12-15)21(28)25(24-20(27)14-4-2-1-3-5-14)19(23-18)13-6-9-16(26)10-7-13/h1-12,19,23,26H,(H,24,27). The van der Waals surface area contributed by atoms with Gasteiger partial charge in [-0.3, -0.25) is 15.0 Å². The zero-order valence-electron chi connectivity index (χ0n) is 14.6. The molecule has 1 aliphatic rings. The fraction of sp³-hybridized carbons (Fsp3) is 0.0476. The van der Waals surface area contributed by atoms with Crippen LogP contribution in [0.3, 0.4) is 0 Å². The van der Waals surface area contributed by atoms with Crippen LogP contribution in [0, 0.1) is 0 Å². The maximum Gasteiger partial charge on any atom is 0.276 e. The van der Waals surface area contributed by atoms with Crippen LogP contribution < -0.4 is 10.7 Å². The molecule has 0 saturated carbocycles. The van der Waals surface area contributed by atoms with Gasteiger partial charge in [0, 0.05) is 16.3 Å². The lowest BCUT2D eigenvalue weighted by Gasteiger charge is -2.37. The minimum Gasteiger partial charge on any atom is -0.508 e. The van der Waals surface area contributed by atoms with E-state index in [1.54, 1.807) is 54.6 Å². The molecule has 6 nitrogen and oxygen atoms in total. The first-order valence-corrected chi connectivity index (χ1v) is 8.95. The van der Waals surface area contributed by atoms with Gasteiger partial charge in [0.05, 0.1) is 5.56 Å². The number of phenolic OH excluding ortho intramolecular Hbond substituents is 1. The number of hydrazine groups is 1. The van der Waals surface area contributed by atoms with Gasteiger partial charge in [-0.25, -0.2) is 5.01 Å². The molecule has 2 amide bonds. The van der Waals surface area contributed by atoms with Crippen LogP contribution in [-0.4, -0.2) is 21.9 Å². The number of hydrogen-bond acceptors (Lipinski definition) is 4. The summed E-state index contributed by atoms with van der Waals surface area (Å²) < 4.78 is 0. The van der Waals surface area contributed by atoms with Gasteiger partial charge in [-0.05, 0) is 48.0 Å². The first-order valence-electron chi connectivity index (χ1n) is 8.57. The first-order chi connectivity index (χ1) is 13.5. The van der Waals surface area contributed by atoms with E-state index in [2.05, 4.69) is 10.7 Å². The molecule has 1 atom stereocenters. The number of aromatic hydroxyl groups is 1. The molecule has 3 aromatic rings. The average Bonchev–Trinajstić information content (AvgIpc) is 2.71. The van der Waals surface area contributed by atoms with Gasteiger partial charge in [-0.15, -0.1) is 0 Å². The first kappa shape index (κ1) is 17.9. The average molecular weight is 394 g/mol. The highest BCUT2D eigenvalue weighted by Crippen LogP contribution is 2.34. The van der Waals surface area contributed by atoms with Crippen LogP contribution in [-0.2, 0) is 0 Å². The van der Waals surface area contributed by atoms with Gasteiger partial charge in [0.2, 0.25) is 0 Å². The van der Waals surface area contributed by atoms with E-state index in [9.17, 15) is 14.7 Å². The van der Waals surface area contributed by atoms with Crippen molar-refractivity contribution in [2.24, 2.45) is 0 Å². The third-order valence-corrected chi connectivity index (χ3v) is 4.68. The summed E-state index contributed by atoms with van der Waals surface area (Å²) in [6.45, 7) is 0. The number of phenols is 1. The minimum absolute atomic E-state index is 0.109. The van der Waals surface area contributed by atoms with Crippen LogP contribution in [0.5, 0.6) is 5.75 Å². The summed E-state index contributed by atoms with van der Waals surface area (Å²) in [7, 11) is 0. The number of benzene rings is 3. The Bertz CT molecular complexity index is 1040. The van der Waals surface area contributed by atoms with Crippen LogP contribution in [0.15, 0.2) is 72.8 Å². The zero-order chi connectivity index (χ0) is 19.7. The van der Waals surface area contributed by atoms with Crippen LogP contribution in [0.1, 0.15) is 32.4 Å². The zero-order valence-corrected chi connectivity index (χ0v) is 15.4. The molecule has 4 rings (SSSR count). The van der Waals surface area contributed by atoms with E-state index in [0.717, 1.165) is 0 Å². The highest BCUT2D eigenvalue weighted by atomic mass is 35.5. The SMILES string of the molecule is O=C(NN1C(=O)c2cc(Cl)ccc2NC1c1ccc(O)cc1)c1ccccc1. The van der Waals surface area contributed by atoms with Gasteiger partial charge in [0.15, 0.2) is 0 Å². The van der Waals surface area contributed by atoms with Gasteiger partial charge >= 0.3 is 0 Å². The van der Waals surface area contributed by atoms with Gasteiger partial charge in [0.25, 0.3) is 11.8 Å². The number of rotatable bonds is 3. The molecule has 1 unspecified atom stereocenters. The number of halogens is 1. The summed E-state index contributed by atoms with van der Waals surface area (Å²) in [5, 5.41) is 14.5. The lowest BCUT2D eigenvalue weighted by molar-refractivity contribution is 0.0491. The lowest BCUT2D eigenvalue weighted by atomic mass is 10.0. The summed E-state index contributed by atoms with van der Waals surface area (Å²) >= 11 is 6.05. The van der Waals surface area contributed by atoms with Crippen molar-refractivity contribution in [1.29, 1.82) is 0 Å². The number of hydrogen-bond donors (Lipinski definition) is 3. The number of amides is 2. The molecule has 3 aromatic carbocycles. The molecule has 3 N–H and O–H groups in total. The maximum atomic E-state index is 13.1. The van der Waals surface area contributed by atoms with E-state index in [1.807, 2.05) is 6.07 Å². The maximum absolute atomic E-state index is 13.1. The Morgan fingerprint density at radius 3 is 2.46 bits per heavy atom. The Morgan fingerprint density at radius 2 is 1.75 bits per heavy atom. The van der Waals surface area contributed by atoms with Crippen LogP contribution in [0.4, 0.5) is 5.69 Å². The number of carbonyl (C=O) groups excluding carboxylic acids is 2. The number of carbonyl (C=O) groups is 2. The fourth-order valence-electron chi connectivity index (χ4n) is 3.05. The molecule has 0 saturated heterocycles. The molecule has 0 fully saturated rings. The van der Waals surface area contributed by atoms with Crippen LogP contribution in [0.25, 0.3) is 0 Å². The van der Waals surface area contributed by atoms with Crippen molar-refractivity contribution in [3.63, 3.8) is 0 Å². The normalized spacial score (nSPS) is 15.5. The molecule has 0 spiro atoms. The van der Waals surface area contributed by atoms with Gasteiger partial charge in [0.1, 0.15) is 11.9 Å². The van der Waals surface area contributed by atoms with E-state index in [-0.39, 0.29) is 5.75 Å². The largest absolute Gasteiger partial charge is 0.508 e. The topological polar surface area (TPSA) is 81.7 Å². The van der Waals surface area contributed by atoms with Crippen molar-refractivity contribution in [3.05, 3.63) is 94.5 Å². The minimum atomic E-state index is -0.658. The van der Waals surface area contributed by atoms with Crippen LogP contribution >= 0.6 is 11.6 Å². The van der Waals surface area contributed by atoms with E-state index in [1.165, 1.54) is 17.1 Å². The molecule has 0 aromatic heterocycles. The van der Waals surface area contributed by atoms with Crippen molar-refractivity contribution >= 4 is 29.1 Å². The second-order valence-electron chi connectivity index (χ2n) is 6.31. The summed E-state index contributed by atoms with van der Waals surface area (Å²) in [5.41, 5.74) is 4.77. The Labute approximate surface area is 166 Å². The lowest BCUT2D eigenvalue weighted by Crippen LogP contribution is -2.52. The highest BCUT2D eigenvalue weighted by molar-refractivity contribution is 6.31. The van der Waals surface area contributed by atoms with Gasteiger partial charge in [-0.2, -0.15) is 0 Å². The number of nitrogens with one attached hydrogen (secondary N) is 2. The number of nitrogens with zero attached hydrogens (tertiary/aromatic N) is 1. The molecule has 1 aliphatic heterocycles. The number of anilines is 1. The van der Waals surface area contributed by atoms with Gasteiger partial charge in [-0.1, -0.05) is 41.9 Å². The molecule has 28 heavy (non-hydrogen) atoms. The van der Waals surface area contributed by atoms with E-state index in [0.29, 0.717) is 27.4 Å². The molecular weight excluding hydrogens is 378 g/mol. The highest BCUT2D eigenvalue weighted by Gasteiger charge is 2.34. The van der Waals surface area contributed by atoms with Crippen molar-refractivity contribution < 1.29 is 14.7 Å². The predicted molar refractivity (Wildman–Crippen MR) is 106 cm³/mol. The fourth-order valence-corrected chi connectivity index (χ4v) is 3.22. The summed E-state index contributed by atoms with van der Waals surface area (Å²) in [6.07, 6.45) is -0.658. The summed E-state index contributed by atoms with van der Waals surface area (Å²) in [5.74, 6) is -0.693. The molecule has 0 radical (unpaired) electrons. The van der Waals surface area contributed by atoms with Crippen molar-refractivity contribution in [3.8, 4) is 5.75 Å². The monoisotopic (exact) mass is 393 g/mol. The molecular formula is C21H16ClN3O3. The molecule has 0 aliphatic carbocycles. The predicted octanol–water partition coefficient (Wildman–Crippen LogP) is 3.96. The van der Waals surface area contributed by atoms with Crippen LogP contribution in [0.2, 0.25) is 5.02 Å². The van der Waals surface area contributed by atoms with Gasteiger partial charge < -0.3 is 10.4 Å². The second-order valence-corrected chi connectivity index (χ2v) is 6.75. The van der Waals surface area contributed by atoms with E-state index >= 15 is 0 Å². The Hall–Kier alpha value is -3.51.